The lowest BCUT2D eigenvalue weighted by Crippen LogP contribution is -2.14. The monoisotopic (exact) mass is 304 g/mol. The van der Waals surface area contributed by atoms with Crippen molar-refractivity contribution in [2.45, 2.75) is 0 Å². The van der Waals surface area contributed by atoms with Gasteiger partial charge in [-0.05, 0) is 29.0 Å². The number of hydrogen-bond acceptors (Lipinski definition) is 4. The summed E-state index contributed by atoms with van der Waals surface area (Å²) in [6, 6.07) is 17.4. The Morgan fingerprint density at radius 1 is 1.09 bits per heavy atom. The summed E-state index contributed by atoms with van der Waals surface area (Å²) in [5.41, 5.74) is 7.34. The number of aromatic nitrogens is 1. The summed E-state index contributed by atoms with van der Waals surface area (Å²) >= 11 is 0. The van der Waals surface area contributed by atoms with Crippen LogP contribution in [-0.2, 0) is 0 Å². The number of nitrogens with two attached hydrogens (primary N) is 1. The number of fused-ring (bicyclic) bond motifs is 1. The Balaban J connectivity index is 1.97. The zero-order chi connectivity index (χ0) is 16.1. The van der Waals surface area contributed by atoms with E-state index in [0.29, 0.717) is 5.69 Å². The molecule has 0 aliphatic rings. The molecule has 0 bridgehead atoms. The van der Waals surface area contributed by atoms with Gasteiger partial charge in [0.15, 0.2) is 5.84 Å². The molecule has 0 amide bonds. The Morgan fingerprint density at radius 2 is 1.91 bits per heavy atom. The van der Waals surface area contributed by atoms with E-state index in [-0.39, 0.29) is 5.84 Å². The van der Waals surface area contributed by atoms with Gasteiger partial charge in [-0.15, -0.1) is 5.10 Å². The van der Waals surface area contributed by atoms with Gasteiger partial charge >= 0.3 is 0 Å². The fourth-order valence-electron chi connectivity index (χ4n) is 2.30. The molecule has 0 aliphatic carbocycles. The molecule has 0 spiro atoms. The van der Waals surface area contributed by atoms with Crippen LogP contribution >= 0.6 is 0 Å². The minimum atomic E-state index is 0.265. The van der Waals surface area contributed by atoms with Gasteiger partial charge in [0.2, 0.25) is 0 Å². The number of ether oxygens (including phenoxy) is 1. The minimum absolute atomic E-state index is 0.265. The van der Waals surface area contributed by atoms with E-state index in [4.69, 9.17) is 10.5 Å². The first-order valence-electron chi connectivity index (χ1n) is 7.13. The van der Waals surface area contributed by atoms with Crippen LogP contribution < -0.4 is 10.5 Å². The van der Waals surface area contributed by atoms with Crippen LogP contribution in [0.15, 0.2) is 71.0 Å². The lowest BCUT2D eigenvalue weighted by molar-refractivity contribution is 0.415. The summed E-state index contributed by atoms with van der Waals surface area (Å²) in [5.74, 6) is 1.00. The highest BCUT2D eigenvalue weighted by Crippen LogP contribution is 2.26. The van der Waals surface area contributed by atoms with E-state index in [0.717, 1.165) is 22.1 Å². The fraction of sp³-hybridized carbons (Fsp3) is 0.0556. The highest BCUT2D eigenvalue weighted by molar-refractivity contribution is 6.03. The zero-order valence-corrected chi connectivity index (χ0v) is 12.7. The van der Waals surface area contributed by atoms with Crippen LogP contribution in [0.4, 0.5) is 0 Å². The van der Waals surface area contributed by atoms with Crippen LogP contribution in [0.25, 0.3) is 10.8 Å². The first kappa shape index (κ1) is 14.7. The third-order valence-electron chi connectivity index (χ3n) is 3.43. The average molecular weight is 304 g/mol. The van der Waals surface area contributed by atoms with E-state index >= 15 is 0 Å². The summed E-state index contributed by atoms with van der Waals surface area (Å²) < 4.78 is 5.41. The number of benzene rings is 2. The maximum absolute atomic E-state index is 5.88. The van der Waals surface area contributed by atoms with Crippen molar-refractivity contribution in [3.05, 3.63) is 72.1 Å². The van der Waals surface area contributed by atoms with Gasteiger partial charge in [0.05, 0.1) is 13.3 Å². The van der Waals surface area contributed by atoms with Crippen LogP contribution in [0.3, 0.4) is 0 Å². The highest BCUT2D eigenvalue weighted by Gasteiger charge is 2.05. The van der Waals surface area contributed by atoms with Crippen LogP contribution in [0, 0.1) is 0 Å². The maximum atomic E-state index is 5.88. The third kappa shape index (κ3) is 3.18. The molecule has 5 heteroatoms. The molecule has 0 saturated carbocycles. The van der Waals surface area contributed by atoms with Crippen molar-refractivity contribution >= 4 is 22.8 Å². The second kappa shape index (κ2) is 6.70. The predicted molar refractivity (Wildman–Crippen MR) is 93.1 cm³/mol. The number of rotatable bonds is 4. The predicted octanol–water partition coefficient (Wildman–Crippen LogP) is 2.98. The topological polar surface area (TPSA) is 72.9 Å². The van der Waals surface area contributed by atoms with E-state index in [2.05, 4.69) is 15.2 Å². The largest absolute Gasteiger partial charge is 0.496 e. The van der Waals surface area contributed by atoms with Crippen molar-refractivity contribution in [2.75, 3.05) is 7.11 Å². The lowest BCUT2D eigenvalue weighted by atomic mass is 10.0. The van der Waals surface area contributed by atoms with E-state index in [1.807, 2.05) is 48.5 Å². The average Bonchev–Trinajstić information content (AvgIpc) is 2.62. The van der Waals surface area contributed by atoms with Gasteiger partial charge in [-0.2, -0.15) is 5.10 Å². The van der Waals surface area contributed by atoms with Crippen LogP contribution in [0.5, 0.6) is 5.75 Å². The quantitative estimate of drug-likeness (QED) is 0.457. The Labute approximate surface area is 134 Å². The fourth-order valence-corrected chi connectivity index (χ4v) is 2.30. The van der Waals surface area contributed by atoms with Gasteiger partial charge in [0, 0.05) is 11.8 Å². The summed E-state index contributed by atoms with van der Waals surface area (Å²) in [6.45, 7) is 0. The molecule has 1 heterocycles. The second-order valence-electron chi connectivity index (χ2n) is 4.85. The van der Waals surface area contributed by atoms with Gasteiger partial charge in [-0.3, -0.25) is 4.98 Å². The molecule has 114 valence electrons. The highest BCUT2D eigenvalue weighted by atomic mass is 16.5. The molecule has 2 aromatic carbocycles. The Morgan fingerprint density at radius 3 is 2.70 bits per heavy atom. The minimum Gasteiger partial charge on any atom is -0.496 e. The number of nitrogens with zero attached hydrogens (tertiary/aromatic N) is 3. The number of pyridine rings is 1. The Bertz CT molecular complexity index is 873. The molecule has 23 heavy (non-hydrogen) atoms. The first-order chi connectivity index (χ1) is 11.3. The van der Waals surface area contributed by atoms with Crippen LogP contribution in [0.2, 0.25) is 0 Å². The molecule has 0 unspecified atom stereocenters. The molecule has 5 nitrogen and oxygen atoms in total. The summed E-state index contributed by atoms with van der Waals surface area (Å²) in [4.78, 5) is 4.13. The van der Waals surface area contributed by atoms with Crippen LogP contribution in [-0.4, -0.2) is 24.1 Å². The molecule has 0 radical (unpaired) electrons. The van der Waals surface area contributed by atoms with E-state index in [1.165, 1.54) is 0 Å². The van der Waals surface area contributed by atoms with Crippen molar-refractivity contribution < 1.29 is 4.74 Å². The second-order valence-corrected chi connectivity index (χ2v) is 4.85. The Hall–Kier alpha value is -3.21. The molecular formula is C18H16N4O. The third-order valence-corrected chi connectivity index (χ3v) is 3.43. The van der Waals surface area contributed by atoms with Crippen LogP contribution in [0.1, 0.15) is 11.3 Å². The lowest BCUT2D eigenvalue weighted by Gasteiger charge is -2.07. The summed E-state index contributed by atoms with van der Waals surface area (Å²) in [6.07, 6.45) is 3.31. The van der Waals surface area contributed by atoms with Gasteiger partial charge in [0.1, 0.15) is 11.4 Å². The Kier molecular flexibility index (Phi) is 4.29. The first-order valence-corrected chi connectivity index (χ1v) is 7.13. The van der Waals surface area contributed by atoms with E-state index < -0.39 is 0 Å². The molecule has 0 atom stereocenters. The molecule has 3 rings (SSSR count). The number of methoxy groups -OCH3 is 1. The molecule has 2 N–H and O–H groups in total. The van der Waals surface area contributed by atoms with Gasteiger partial charge in [0.25, 0.3) is 0 Å². The zero-order valence-electron chi connectivity index (χ0n) is 12.7. The van der Waals surface area contributed by atoms with Crippen molar-refractivity contribution in [3.63, 3.8) is 0 Å². The van der Waals surface area contributed by atoms with Crippen molar-refractivity contribution in [2.24, 2.45) is 15.9 Å². The molecule has 3 aromatic rings. The van der Waals surface area contributed by atoms with Crippen molar-refractivity contribution in [3.8, 4) is 5.75 Å². The van der Waals surface area contributed by atoms with Gasteiger partial charge in [-0.1, -0.05) is 36.4 Å². The molecular weight excluding hydrogens is 288 g/mol. The summed E-state index contributed by atoms with van der Waals surface area (Å²) in [5, 5.41) is 10.3. The SMILES string of the molecule is COc1ccc2ccccc2c1/C=N/N=C(\N)c1ccccn1. The van der Waals surface area contributed by atoms with E-state index in [1.54, 1.807) is 25.6 Å². The van der Waals surface area contributed by atoms with Gasteiger partial charge < -0.3 is 10.5 Å². The summed E-state index contributed by atoms with van der Waals surface area (Å²) in [7, 11) is 1.63. The standard InChI is InChI=1S/C18H16N4O/c1-23-17-10-9-13-6-2-3-7-14(13)15(17)12-21-22-18(19)16-8-4-5-11-20-16/h2-12H,1H3,(H2,19,22)/b21-12+. The number of amidine groups is 1. The normalized spacial score (nSPS) is 12.0. The maximum Gasteiger partial charge on any atom is 0.171 e. The smallest absolute Gasteiger partial charge is 0.171 e. The van der Waals surface area contributed by atoms with Crippen molar-refractivity contribution in [1.82, 2.24) is 4.98 Å². The van der Waals surface area contributed by atoms with Crippen molar-refractivity contribution in [1.29, 1.82) is 0 Å². The van der Waals surface area contributed by atoms with Gasteiger partial charge in [-0.25, -0.2) is 0 Å². The molecule has 1 aromatic heterocycles. The molecule has 0 aliphatic heterocycles. The molecule has 0 saturated heterocycles. The number of hydrogen-bond donors (Lipinski definition) is 1. The molecule has 0 fully saturated rings. The van der Waals surface area contributed by atoms with E-state index in [9.17, 15) is 0 Å².